The van der Waals surface area contributed by atoms with Crippen molar-refractivity contribution in [3.63, 3.8) is 0 Å². The summed E-state index contributed by atoms with van der Waals surface area (Å²) in [6.07, 6.45) is 5.34. The number of rotatable bonds is 8. The number of aliphatic hydroxyl groups is 1. The average molecular weight is 1010 g/mol. The molecule has 0 radical (unpaired) electrons. The maximum Gasteiger partial charge on any atom is 0.523 e. The number of pyridine rings is 3. The Morgan fingerprint density at radius 3 is 1.50 bits per heavy atom. The number of hydrogen-bond donors (Lipinski definition) is 1. The number of ether oxygens (including phenoxy) is 2. The van der Waals surface area contributed by atoms with E-state index < -0.39 is 15.6 Å². The molecule has 0 spiro atoms. The van der Waals surface area contributed by atoms with Crippen LogP contribution in [-0.2, 0) is 41.2 Å². The summed E-state index contributed by atoms with van der Waals surface area (Å²) in [5.41, 5.74) is -2.07. The number of hydrogen-bond acceptors (Lipinski definition) is 8. The quantitative estimate of drug-likeness (QED) is 0.0695. The molecule has 0 saturated heterocycles. The van der Waals surface area contributed by atoms with Gasteiger partial charge in [0.25, 0.3) is 0 Å². The van der Waals surface area contributed by atoms with Crippen molar-refractivity contribution in [1.82, 2.24) is 9.97 Å². The lowest BCUT2D eigenvalue weighted by atomic mass is 10.2. The molecule has 3 heterocycles. The van der Waals surface area contributed by atoms with Gasteiger partial charge in [-0.3, -0.25) is 4.18 Å². The summed E-state index contributed by atoms with van der Waals surface area (Å²) >= 11 is 15.5. The number of halogens is 7. The van der Waals surface area contributed by atoms with Crippen LogP contribution in [0.1, 0.15) is 16.7 Å². The van der Waals surface area contributed by atoms with E-state index in [0.29, 0.717) is 31.4 Å². The van der Waals surface area contributed by atoms with E-state index in [4.69, 9.17) is 26.2 Å². The van der Waals surface area contributed by atoms with Crippen LogP contribution in [0.5, 0.6) is 11.8 Å². The molecule has 6 rings (SSSR count). The Bertz CT molecular complexity index is 2080. The number of aliphatic hydroxyl groups excluding tert-OH is 1. The highest BCUT2D eigenvalue weighted by molar-refractivity contribution is 9.11. The predicted molar refractivity (Wildman–Crippen MR) is 220 cm³/mol. The Morgan fingerprint density at radius 1 is 0.679 bits per heavy atom. The Morgan fingerprint density at radius 2 is 1.14 bits per heavy atom. The minimum Gasteiger partial charge on any atom is -0.473 e. The molecule has 0 fully saturated rings. The van der Waals surface area contributed by atoms with E-state index in [1.165, 1.54) is 0 Å². The number of benzene rings is 3. The van der Waals surface area contributed by atoms with Crippen LogP contribution in [0.15, 0.2) is 159 Å². The maximum absolute atomic E-state index is 11.1. The van der Waals surface area contributed by atoms with Crippen molar-refractivity contribution in [3.8, 4) is 11.8 Å². The van der Waals surface area contributed by atoms with Crippen molar-refractivity contribution in [2.75, 3.05) is 7.11 Å². The largest absolute Gasteiger partial charge is 0.523 e. The smallest absolute Gasteiger partial charge is 0.473 e. The Hall–Kier alpha value is -3.90. The van der Waals surface area contributed by atoms with Crippen LogP contribution in [0.3, 0.4) is 0 Å². The van der Waals surface area contributed by atoms with E-state index in [0.717, 1.165) is 36.0 Å². The summed E-state index contributed by atoms with van der Waals surface area (Å²) in [4.78, 5) is 7.82. The number of aromatic nitrogens is 3. The van der Waals surface area contributed by atoms with E-state index in [1.807, 2.05) is 139 Å². The summed E-state index contributed by atoms with van der Waals surface area (Å²) < 4.78 is 72.2. The molecule has 1 N–H and O–H groups in total. The standard InChI is InChI=1S/C13H13BrNO.C12H10BrNO.C7H7BrO.C5H4ClN.C2H3F3O3S/c1-15-9-3-2-4-13(15)16-10-11-5-7-12(14)8-6-11;13-11-6-4-10(5-7-11)9-15-12-3-1-2-8-14-12;8-7-3-1-6(5-9)2-4-7;6-5-3-1-2-4-7-5;1-8-9(6,7)2(3,4)5/h2-9H,10H2,1H3;1-8H,9H2;1-4,9H,5H2;1-4H;1H3/q+1;;;;. The second-order valence-corrected chi connectivity index (χ2v) is 15.5. The van der Waals surface area contributed by atoms with Crippen LogP contribution >= 0.6 is 59.4 Å². The number of nitrogens with zero attached hydrogens (tertiary/aromatic N) is 3. The molecule has 0 atom stereocenters. The van der Waals surface area contributed by atoms with Gasteiger partial charge in [-0.05, 0) is 77.4 Å². The van der Waals surface area contributed by atoms with Gasteiger partial charge >= 0.3 is 21.5 Å². The normalized spacial score (nSPS) is 10.4. The van der Waals surface area contributed by atoms with E-state index in [1.54, 1.807) is 18.5 Å². The third-order valence-corrected chi connectivity index (χ3v) is 9.29. The maximum atomic E-state index is 11.1. The lowest BCUT2D eigenvalue weighted by Gasteiger charge is -2.04. The van der Waals surface area contributed by atoms with Crippen molar-refractivity contribution >= 4 is 69.5 Å². The monoisotopic (exact) mass is 1000 g/mol. The molecule has 0 aliphatic heterocycles. The molecule has 0 bridgehead atoms. The van der Waals surface area contributed by atoms with Gasteiger partial charge in [0.2, 0.25) is 5.88 Å². The minimum atomic E-state index is -5.34. The molecule has 17 heteroatoms. The van der Waals surface area contributed by atoms with Crippen LogP contribution < -0.4 is 14.0 Å². The van der Waals surface area contributed by atoms with Crippen molar-refractivity contribution in [1.29, 1.82) is 0 Å². The van der Waals surface area contributed by atoms with Gasteiger partial charge < -0.3 is 14.6 Å². The van der Waals surface area contributed by atoms with Gasteiger partial charge in [-0.25, -0.2) is 9.97 Å². The van der Waals surface area contributed by atoms with E-state index in [9.17, 15) is 21.6 Å². The second kappa shape index (κ2) is 26.1. The third-order valence-electron chi connectivity index (χ3n) is 6.47. The van der Waals surface area contributed by atoms with Crippen molar-refractivity contribution < 1.29 is 44.9 Å². The molecule has 56 heavy (non-hydrogen) atoms. The van der Waals surface area contributed by atoms with Gasteiger partial charge in [-0.1, -0.05) is 108 Å². The van der Waals surface area contributed by atoms with Crippen molar-refractivity contribution in [2.45, 2.75) is 25.3 Å². The highest BCUT2D eigenvalue weighted by atomic mass is 79.9. The highest BCUT2D eigenvalue weighted by Gasteiger charge is 2.46. The molecular weight excluding hydrogens is 971 g/mol. The molecule has 6 aromatic rings. The van der Waals surface area contributed by atoms with Crippen molar-refractivity contribution in [3.05, 3.63) is 181 Å². The van der Waals surface area contributed by atoms with Gasteiger partial charge in [0.1, 0.15) is 25.4 Å². The molecule has 298 valence electrons. The molecule has 0 saturated carbocycles. The summed E-state index contributed by atoms with van der Waals surface area (Å²) in [5.74, 6) is 1.52. The van der Waals surface area contributed by atoms with Crippen LogP contribution in [0.4, 0.5) is 13.2 Å². The van der Waals surface area contributed by atoms with E-state index >= 15 is 0 Å². The Balaban J connectivity index is 0.000000251. The first-order chi connectivity index (χ1) is 26.6. The zero-order valence-corrected chi connectivity index (χ0v) is 36.2. The van der Waals surface area contributed by atoms with Gasteiger partial charge in [-0.15, -0.1) is 0 Å². The fourth-order valence-electron chi connectivity index (χ4n) is 3.59. The SMILES string of the molecule is Brc1ccc(COc2ccccn2)cc1.COS(=O)(=O)C(F)(F)F.C[n+]1ccccc1OCc1ccc(Br)cc1.Clc1ccccn1.OCc1ccc(Br)cc1. The number of alkyl halides is 3. The second-order valence-electron chi connectivity index (χ2n) is 10.7. The van der Waals surface area contributed by atoms with Gasteiger partial charge in [0.15, 0.2) is 6.20 Å². The lowest BCUT2D eigenvalue weighted by molar-refractivity contribution is -0.677. The predicted octanol–water partition coefficient (Wildman–Crippen LogP) is 10.4. The Kier molecular flexibility index (Phi) is 22.5. The summed E-state index contributed by atoms with van der Waals surface area (Å²) in [6.45, 7) is 1.25. The highest BCUT2D eigenvalue weighted by Crippen LogP contribution is 2.23. The molecule has 3 aromatic heterocycles. The Labute approximate surface area is 354 Å². The molecule has 0 aliphatic carbocycles. The zero-order valence-electron chi connectivity index (χ0n) is 29.9. The zero-order chi connectivity index (χ0) is 41.4. The topological polar surface area (TPSA) is 112 Å². The van der Waals surface area contributed by atoms with Crippen LogP contribution in [0, 0.1) is 0 Å². The minimum absolute atomic E-state index is 0.118. The third kappa shape index (κ3) is 20.3. The van der Waals surface area contributed by atoms with Gasteiger partial charge in [-0.2, -0.15) is 26.2 Å². The van der Waals surface area contributed by atoms with E-state index in [-0.39, 0.29) is 6.61 Å². The summed E-state index contributed by atoms with van der Waals surface area (Å²) in [5, 5.41) is 9.16. The first-order valence-electron chi connectivity index (χ1n) is 16.0. The molecule has 9 nitrogen and oxygen atoms in total. The van der Waals surface area contributed by atoms with Crippen LogP contribution in [-0.4, -0.2) is 36.1 Å². The first-order valence-corrected chi connectivity index (χ1v) is 20.2. The summed E-state index contributed by atoms with van der Waals surface area (Å²) in [6, 6.07) is 40.7. The fourth-order valence-corrected chi connectivity index (χ4v) is 4.70. The van der Waals surface area contributed by atoms with E-state index in [2.05, 4.69) is 61.9 Å². The lowest BCUT2D eigenvalue weighted by Crippen LogP contribution is -2.29. The first kappa shape index (κ1) is 48.2. The molecule has 0 unspecified atom stereocenters. The molecular formula is C39H37Br3ClF3N3O6S+. The molecule has 3 aromatic carbocycles. The van der Waals surface area contributed by atoms with Crippen molar-refractivity contribution in [2.24, 2.45) is 7.05 Å². The fraction of sp³-hybridized carbons (Fsp3) is 0.154. The summed E-state index contributed by atoms with van der Waals surface area (Å²) in [7, 11) is -2.92. The molecule has 0 amide bonds. The van der Waals surface area contributed by atoms with Gasteiger partial charge in [0, 0.05) is 37.9 Å². The molecule has 0 aliphatic rings. The number of aryl methyl sites for hydroxylation is 1. The van der Waals surface area contributed by atoms with Crippen LogP contribution in [0.25, 0.3) is 0 Å². The van der Waals surface area contributed by atoms with Gasteiger partial charge in [0.05, 0.1) is 19.8 Å². The van der Waals surface area contributed by atoms with Crippen LogP contribution in [0.2, 0.25) is 5.15 Å². The average Bonchev–Trinajstić information content (AvgIpc) is 3.20.